The minimum absolute atomic E-state index is 0.0571. The number of carbonyl (C=O) groups is 1. The van der Waals surface area contributed by atoms with Crippen molar-refractivity contribution in [3.8, 4) is 0 Å². The van der Waals surface area contributed by atoms with E-state index in [0.717, 1.165) is 24.6 Å². The van der Waals surface area contributed by atoms with Gasteiger partial charge in [-0.3, -0.25) is 14.9 Å². The highest BCUT2D eigenvalue weighted by molar-refractivity contribution is 9.09. The van der Waals surface area contributed by atoms with Gasteiger partial charge in [-0.2, -0.15) is 0 Å². The van der Waals surface area contributed by atoms with Gasteiger partial charge in [0.05, 0.1) is 11.1 Å². The van der Waals surface area contributed by atoms with Gasteiger partial charge in [0.1, 0.15) is 5.69 Å². The second-order valence-electron chi connectivity index (χ2n) is 5.23. The summed E-state index contributed by atoms with van der Waals surface area (Å²) in [5, 5.41) is 14.6. The number of aromatic nitrogens is 1. The van der Waals surface area contributed by atoms with Crippen LogP contribution in [0.5, 0.6) is 0 Å². The third-order valence-corrected chi connectivity index (χ3v) is 4.69. The van der Waals surface area contributed by atoms with Crippen molar-refractivity contribution in [2.45, 2.75) is 31.7 Å². The van der Waals surface area contributed by atoms with E-state index in [1.165, 1.54) is 23.3 Å². The Morgan fingerprint density at radius 2 is 2.25 bits per heavy atom. The van der Waals surface area contributed by atoms with Gasteiger partial charge in [0, 0.05) is 24.5 Å². The maximum atomic E-state index is 12.3. The van der Waals surface area contributed by atoms with E-state index in [2.05, 4.69) is 21.2 Å². The lowest BCUT2D eigenvalue weighted by molar-refractivity contribution is -0.384. The molecule has 0 saturated heterocycles. The van der Waals surface area contributed by atoms with Crippen molar-refractivity contribution >= 4 is 27.5 Å². The maximum absolute atomic E-state index is 12.3. The molecule has 1 aliphatic carbocycles. The Hall–Kier alpha value is -1.37. The number of aryl methyl sites for hydroxylation is 1. The summed E-state index contributed by atoms with van der Waals surface area (Å²) < 4.78 is 1.50. The summed E-state index contributed by atoms with van der Waals surface area (Å²) in [7, 11) is 1.64. The number of alkyl halides is 1. The van der Waals surface area contributed by atoms with Crippen LogP contribution in [-0.4, -0.2) is 26.8 Å². The summed E-state index contributed by atoms with van der Waals surface area (Å²) in [6, 6.07) is 1.46. The summed E-state index contributed by atoms with van der Waals surface area (Å²) in [6.07, 6.45) is 5.73. The molecule has 2 rings (SSSR count). The van der Waals surface area contributed by atoms with E-state index in [-0.39, 0.29) is 17.6 Å². The molecular formula is C13H18BrN3O3. The Morgan fingerprint density at radius 1 is 1.55 bits per heavy atom. The maximum Gasteiger partial charge on any atom is 0.287 e. The van der Waals surface area contributed by atoms with Crippen molar-refractivity contribution in [3.63, 3.8) is 0 Å². The fourth-order valence-electron chi connectivity index (χ4n) is 2.70. The van der Waals surface area contributed by atoms with Crippen molar-refractivity contribution in [2.24, 2.45) is 13.0 Å². The first kappa shape index (κ1) is 15.0. The number of amides is 1. The van der Waals surface area contributed by atoms with Gasteiger partial charge in [-0.1, -0.05) is 28.8 Å². The molecule has 0 radical (unpaired) electrons. The lowest BCUT2D eigenvalue weighted by Gasteiger charge is -2.30. The van der Waals surface area contributed by atoms with E-state index in [1.54, 1.807) is 7.05 Å². The van der Waals surface area contributed by atoms with Crippen LogP contribution >= 0.6 is 15.9 Å². The monoisotopic (exact) mass is 343 g/mol. The van der Waals surface area contributed by atoms with Crippen LogP contribution in [0.15, 0.2) is 12.3 Å². The molecule has 110 valence electrons. The zero-order valence-electron chi connectivity index (χ0n) is 11.3. The SMILES string of the molecule is Cn1cc([N+](=O)[O-])cc1C(=O)NC1CCCCC1CBr. The van der Waals surface area contributed by atoms with Crippen molar-refractivity contribution < 1.29 is 9.72 Å². The molecule has 1 fully saturated rings. The number of hydrogen-bond donors (Lipinski definition) is 1. The third kappa shape index (κ3) is 3.20. The molecule has 1 aliphatic rings. The standard InChI is InChI=1S/C13H18BrN3O3/c1-16-8-10(17(19)20)6-12(16)13(18)15-11-5-3-2-4-9(11)7-14/h6,8-9,11H,2-5,7H2,1H3,(H,15,18). The first-order valence-corrected chi connectivity index (χ1v) is 7.82. The molecule has 0 aliphatic heterocycles. The molecule has 20 heavy (non-hydrogen) atoms. The molecule has 2 unspecified atom stereocenters. The van der Waals surface area contributed by atoms with E-state index in [0.29, 0.717) is 11.6 Å². The van der Waals surface area contributed by atoms with Gasteiger partial charge in [-0.25, -0.2) is 0 Å². The van der Waals surface area contributed by atoms with Crippen LogP contribution in [0.2, 0.25) is 0 Å². The van der Waals surface area contributed by atoms with Crippen LogP contribution in [0.4, 0.5) is 5.69 Å². The number of nitro groups is 1. The molecule has 1 aromatic heterocycles. The first-order valence-electron chi connectivity index (χ1n) is 6.70. The highest BCUT2D eigenvalue weighted by Crippen LogP contribution is 2.26. The highest BCUT2D eigenvalue weighted by Gasteiger charge is 2.27. The van der Waals surface area contributed by atoms with Gasteiger partial charge < -0.3 is 9.88 Å². The number of nitrogens with zero attached hydrogens (tertiary/aromatic N) is 2. The lowest BCUT2D eigenvalue weighted by atomic mass is 9.86. The summed E-state index contributed by atoms with van der Waals surface area (Å²) in [6.45, 7) is 0. The van der Waals surface area contributed by atoms with Gasteiger partial charge in [-0.15, -0.1) is 0 Å². The van der Waals surface area contributed by atoms with E-state index >= 15 is 0 Å². The molecule has 7 heteroatoms. The number of carbonyl (C=O) groups excluding carboxylic acids is 1. The number of rotatable bonds is 4. The molecule has 0 aromatic carbocycles. The zero-order chi connectivity index (χ0) is 14.7. The van der Waals surface area contributed by atoms with Gasteiger partial charge in [0.25, 0.3) is 11.6 Å². The van der Waals surface area contributed by atoms with Crippen LogP contribution < -0.4 is 5.32 Å². The van der Waals surface area contributed by atoms with Gasteiger partial charge in [0.15, 0.2) is 0 Å². The van der Waals surface area contributed by atoms with Crippen molar-refractivity contribution in [1.29, 1.82) is 0 Å². The van der Waals surface area contributed by atoms with Crippen molar-refractivity contribution in [2.75, 3.05) is 5.33 Å². The fourth-order valence-corrected chi connectivity index (χ4v) is 3.47. The molecule has 1 saturated carbocycles. The Labute approximate surface area is 125 Å². The smallest absolute Gasteiger partial charge is 0.287 e. The van der Waals surface area contributed by atoms with Gasteiger partial charge >= 0.3 is 0 Å². The average molecular weight is 344 g/mol. The molecular weight excluding hydrogens is 326 g/mol. The number of halogens is 1. The minimum Gasteiger partial charge on any atom is -0.348 e. The predicted octanol–water partition coefficient (Wildman–Crippen LogP) is 2.62. The zero-order valence-corrected chi connectivity index (χ0v) is 12.9. The van der Waals surface area contributed by atoms with Crippen LogP contribution in [0.3, 0.4) is 0 Å². The van der Waals surface area contributed by atoms with Crippen LogP contribution in [0, 0.1) is 16.0 Å². The molecule has 0 bridgehead atoms. The number of hydrogen-bond acceptors (Lipinski definition) is 3. The molecule has 1 aromatic rings. The van der Waals surface area contributed by atoms with Gasteiger partial charge in [-0.05, 0) is 18.8 Å². The van der Waals surface area contributed by atoms with Crippen LogP contribution in [0.1, 0.15) is 36.2 Å². The van der Waals surface area contributed by atoms with Crippen molar-refractivity contribution in [3.05, 3.63) is 28.1 Å². The Kier molecular flexibility index (Phi) is 4.80. The number of nitrogens with one attached hydrogen (secondary N) is 1. The van der Waals surface area contributed by atoms with E-state index in [1.807, 2.05) is 0 Å². The first-order chi connectivity index (χ1) is 9.52. The van der Waals surface area contributed by atoms with E-state index in [4.69, 9.17) is 0 Å². The highest BCUT2D eigenvalue weighted by atomic mass is 79.9. The van der Waals surface area contributed by atoms with Crippen LogP contribution in [-0.2, 0) is 7.05 Å². The Morgan fingerprint density at radius 3 is 2.85 bits per heavy atom. The second-order valence-corrected chi connectivity index (χ2v) is 5.88. The summed E-state index contributed by atoms with van der Waals surface area (Å²) in [5.41, 5.74) is 0.272. The summed E-state index contributed by atoms with van der Waals surface area (Å²) >= 11 is 3.49. The normalized spacial score (nSPS) is 22.5. The fraction of sp³-hybridized carbons (Fsp3) is 0.615. The molecule has 1 N–H and O–H groups in total. The molecule has 6 nitrogen and oxygen atoms in total. The largest absolute Gasteiger partial charge is 0.348 e. The quantitative estimate of drug-likeness (QED) is 0.518. The van der Waals surface area contributed by atoms with E-state index in [9.17, 15) is 14.9 Å². The molecule has 1 heterocycles. The third-order valence-electron chi connectivity index (χ3n) is 3.86. The van der Waals surface area contributed by atoms with E-state index < -0.39 is 4.92 Å². The summed E-state index contributed by atoms with van der Waals surface area (Å²) in [5.74, 6) is 0.196. The Bertz CT molecular complexity index is 515. The second kappa shape index (κ2) is 6.39. The molecule has 2 atom stereocenters. The average Bonchev–Trinajstić information content (AvgIpc) is 2.82. The van der Waals surface area contributed by atoms with Gasteiger partial charge in [0.2, 0.25) is 0 Å². The topological polar surface area (TPSA) is 77.2 Å². The molecule has 1 amide bonds. The predicted molar refractivity (Wildman–Crippen MR) is 79.1 cm³/mol. The Balaban J connectivity index is 2.09. The van der Waals surface area contributed by atoms with Crippen molar-refractivity contribution in [1.82, 2.24) is 9.88 Å². The van der Waals surface area contributed by atoms with Crippen LogP contribution in [0.25, 0.3) is 0 Å². The molecule has 0 spiro atoms. The minimum atomic E-state index is -0.487. The summed E-state index contributed by atoms with van der Waals surface area (Å²) in [4.78, 5) is 22.5. The lowest BCUT2D eigenvalue weighted by Crippen LogP contribution is -2.43.